The van der Waals surface area contributed by atoms with Gasteiger partial charge in [0.1, 0.15) is 22.9 Å². The molecule has 1 amide bonds. The third kappa shape index (κ3) is 5.72. The molecular weight excluding hydrogens is 502 g/mol. The molecule has 36 heavy (non-hydrogen) atoms. The Labute approximate surface area is 217 Å². The van der Waals surface area contributed by atoms with Gasteiger partial charge in [0.15, 0.2) is 5.82 Å². The van der Waals surface area contributed by atoms with Crippen molar-refractivity contribution in [3.8, 4) is 16.9 Å². The predicted octanol–water partition coefficient (Wildman–Crippen LogP) is 5.64. The Kier molecular flexibility index (Phi) is 7.97. The third-order valence-electron chi connectivity index (χ3n) is 5.17. The number of hydrogen-bond acceptors (Lipinski definition) is 8. The molecule has 0 aliphatic carbocycles. The number of aromatic nitrogens is 4. The van der Waals surface area contributed by atoms with E-state index in [0.29, 0.717) is 38.3 Å². The van der Waals surface area contributed by atoms with E-state index in [2.05, 4.69) is 20.8 Å². The average Bonchev–Trinajstić information content (AvgIpc) is 3.51. The van der Waals surface area contributed by atoms with Crippen LogP contribution in [0.2, 0.25) is 5.02 Å². The first-order valence-corrected chi connectivity index (χ1v) is 12.5. The van der Waals surface area contributed by atoms with Gasteiger partial charge in [-0.25, -0.2) is 9.48 Å². The fourth-order valence-corrected chi connectivity index (χ4v) is 4.53. The molecule has 1 N–H and O–H groups in total. The van der Waals surface area contributed by atoms with E-state index in [0.717, 1.165) is 5.56 Å². The molecule has 0 radical (unpaired) electrons. The first kappa shape index (κ1) is 25.3. The summed E-state index contributed by atoms with van der Waals surface area (Å²) in [4.78, 5) is 25.9. The molecule has 9 nitrogen and oxygen atoms in total. The largest absolute Gasteiger partial charge is 0.486 e. The molecule has 0 bridgehead atoms. The fraction of sp³-hybridized carbons (Fsp3) is 0.240. The summed E-state index contributed by atoms with van der Waals surface area (Å²) >= 11 is 7.26. The molecule has 0 fully saturated rings. The highest BCUT2D eigenvalue weighted by molar-refractivity contribution is 7.15. The first-order chi connectivity index (χ1) is 17.4. The van der Waals surface area contributed by atoms with Gasteiger partial charge in [0.25, 0.3) is 5.91 Å². The van der Waals surface area contributed by atoms with Crippen molar-refractivity contribution in [2.75, 3.05) is 11.9 Å². The number of esters is 1. The maximum atomic E-state index is 13.1. The summed E-state index contributed by atoms with van der Waals surface area (Å²) in [6.07, 6.45) is 0. The number of amides is 1. The van der Waals surface area contributed by atoms with Crippen LogP contribution in [0.25, 0.3) is 11.1 Å². The lowest BCUT2D eigenvalue weighted by atomic mass is 10.0. The standard InChI is InChI=1S/C25H24ClN5O4S/c1-4-34-25(33)22-20(16-8-10-18(26)11-9-16)14-36-24(22)27-23(32)17-6-5-7-19(12-17)35-13-21-28-29-30-31(21)15(2)3/h5-12,14-15H,4,13H2,1-3H3,(H,27,32). The SMILES string of the molecule is CCOC(=O)c1c(-c2ccc(Cl)cc2)csc1NC(=O)c1cccc(OCc2nnnn2C(C)C)c1. The quantitative estimate of drug-likeness (QED) is 0.281. The number of benzene rings is 2. The lowest BCUT2D eigenvalue weighted by molar-refractivity contribution is 0.0529. The van der Waals surface area contributed by atoms with Crippen LogP contribution in [0.5, 0.6) is 5.75 Å². The molecule has 2 aromatic heterocycles. The maximum Gasteiger partial charge on any atom is 0.341 e. The number of hydrogen-bond donors (Lipinski definition) is 1. The van der Waals surface area contributed by atoms with Gasteiger partial charge in [0.05, 0.1) is 12.6 Å². The number of halogens is 1. The number of nitrogens with zero attached hydrogens (tertiary/aromatic N) is 4. The zero-order chi connectivity index (χ0) is 25.7. The van der Waals surface area contributed by atoms with E-state index in [1.165, 1.54) is 11.3 Å². The van der Waals surface area contributed by atoms with Crippen LogP contribution in [0.4, 0.5) is 5.00 Å². The average molecular weight is 526 g/mol. The molecule has 2 aromatic carbocycles. The maximum absolute atomic E-state index is 13.1. The molecule has 2 heterocycles. The van der Waals surface area contributed by atoms with Gasteiger partial charge in [0, 0.05) is 21.5 Å². The lowest BCUT2D eigenvalue weighted by Gasteiger charge is -2.11. The van der Waals surface area contributed by atoms with Gasteiger partial charge in [-0.1, -0.05) is 29.8 Å². The molecule has 0 aliphatic rings. The Bertz CT molecular complexity index is 1370. The monoisotopic (exact) mass is 525 g/mol. The molecule has 0 spiro atoms. The minimum absolute atomic E-state index is 0.0906. The van der Waals surface area contributed by atoms with E-state index in [1.807, 2.05) is 31.4 Å². The van der Waals surface area contributed by atoms with Crippen LogP contribution in [0.15, 0.2) is 53.9 Å². The summed E-state index contributed by atoms with van der Waals surface area (Å²) in [6.45, 7) is 6.03. The summed E-state index contributed by atoms with van der Waals surface area (Å²) in [5.41, 5.74) is 2.11. The van der Waals surface area contributed by atoms with Gasteiger partial charge in [0.2, 0.25) is 0 Å². The smallest absolute Gasteiger partial charge is 0.341 e. The van der Waals surface area contributed by atoms with Crippen molar-refractivity contribution < 1.29 is 19.1 Å². The van der Waals surface area contributed by atoms with Crippen LogP contribution in [0.3, 0.4) is 0 Å². The molecule has 0 saturated heterocycles. The van der Waals surface area contributed by atoms with E-state index in [4.69, 9.17) is 21.1 Å². The van der Waals surface area contributed by atoms with Crippen LogP contribution >= 0.6 is 22.9 Å². The molecule has 186 valence electrons. The minimum Gasteiger partial charge on any atom is -0.486 e. The molecule has 0 atom stereocenters. The van der Waals surface area contributed by atoms with Gasteiger partial charge >= 0.3 is 5.97 Å². The van der Waals surface area contributed by atoms with E-state index < -0.39 is 5.97 Å². The highest BCUT2D eigenvalue weighted by Crippen LogP contribution is 2.37. The number of tetrazole rings is 1. The molecule has 4 aromatic rings. The van der Waals surface area contributed by atoms with Gasteiger partial charge in [-0.05, 0) is 67.1 Å². The van der Waals surface area contributed by atoms with Crippen molar-refractivity contribution in [1.29, 1.82) is 0 Å². The van der Waals surface area contributed by atoms with E-state index in [1.54, 1.807) is 48.0 Å². The summed E-state index contributed by atoms with van der Waals surface area (Å²) in [5.74, 6) is 0.160. The Balaban J connectivity index is 1.54. The van der Waals surface area contributed by atoms with Crippen LogP contribution < -0.4 is 10.1 Å². The second-order valence-electron chi connectivity index (χ2n) is 7.98. The lowest BCUT2D eigenvalue weighted by Crippen LogP contribution is -2.15. The number of rotatable bonds is 9. The van der Waals surface area contributed by atoms with Crippen molar-refractivity contribution in [2.45, 2.75) is 33.4 Å². The van der Waals surface area contributed by atoms with Gasteiger partial charge < -0.3 is 14.8 Å². The van der Waals surface area contributed by atoms with E-state index in [9.17, 15) is 9.59 Å². The number of carbonyl (C=O) groups is 2. The second-order valence-corrected chi connectivity index (χ2v) is 9.30. The predicted molar refractivity (Wildman–Crippen MR) is 138 cm³/mol. The molecular formula is C25H24ClN5O4S. The Morgan fingerprint density at radius 1 is 1.17 bits per heavy atom. The number of thiophene rings is 1. The Morgan fingerprint density at radius 2 is 1.94 bits per heavy atom. The Hall–Kier alpha value is -3.76. The zero-order valence-electron chi connectivity index (χ0n) is 19.9. The second kappa shape index (κ2) is 11.3. The number of nitrogens with one attached hydrogen (secondary N) is 1. The van der Waals surface area contributed by atoms with Crippen molar-refractivity contribution in [3.05, 3.63) is 75.9 Å². The molecule has 0 unspecified atom stereocenters. The van der Waals surface area contributed by atoms with Crippen molar-refractivity contribution >= 4 is 39.8 Å². The fourth-order valence-electron chi connectivity index (χ4n) is 3.46. The molecule has 4 rings (SSSR count). The van der Waals surface area contributed by atoms with Crippen LogP contribution in [-0.2, 0) is 11.3 Å². The van der Waals surface area contributed by atoms with E-state index >= 15 is 0 Å². The summed E-state index contributed by atoms with van der Waals surface area (Å²) in [5, 5.41) is 17.3. The number of ether oxygens (including phenoxy) is 2. The number of carbonyl (C=O) groups excluding carboxylic acids is 2. The normalized spacial score (nSPS) is 10.9. The summed E-state index contributed by atoms with van der Waals surface area (Å²) in [6, 6.07) is 14.0. The Morgan fingerprint density at radius 3 is 2.67 bits per heavy atom. The van der Waals surface area contributed by atoms with Gasteiger partial charge in [-0.15, -0.1) is 16.4 Å². The van der Waals surface area contributed by atoms with Gasteiger partial charge in [-0.3, -0.25) is 4.79 Å². The highest BCUT2D eigenvalue weighted by Gasteiger charge is 2.23. The van der Waals surface area contributed by atoms with Crippen LogP contribution in [-0.4, -0.2) is 38.7 Å². The van der Waals surface area contributed by atoms with Crippen LogP contribution in [0.1, 0.15) is 53.4 Å². The molecule has 0 saturated carbocycles. The molecule has 0 aliphatic heterocycles. The minimum atomic E-state index is -0.515. The van der Waals surface area contributed by atoms with Crippen molar-refractivity contribution in [1.82, 2.24) is 20.2 Å². The first-order valence-electron chi connectivity index (χ1n) is 11.2. The highest BCUT2D eigenvalue weighted by atomic mass is 35.5. The topological polar surface area (TPSA) is 108 Å². The van der Waals surface area contributed by atoms with Crippen molar-refractivity contribution in [2.24, 2.45) is 0 Å². The number of anilines is 1. The van der Waals surface area contributed by atoms with Crippen molar-refractivity contribution in [3.63, 3.8) is 0 Å². The van der Waals surface area contributed by atoms with Crippen LogP contribution in [0, 0.1) is 0 Å². The summed E-state index contributed by atoms with van der Waals surface area (Å²) in [7, 11) is 0. The molecule has 11 heteroatoms. The van der Waals surface area contributed by atoms with Gasteiger partial charge in [-0.2, -0.15) is 0 Å². The summed E-state index contributed by atoms with van der Waals surface area (Å²) < 4.78 is 12.8. The zero-order valence-corrected chi connectivity index (χ0v) is 21.5. The van der Waals surface area contributed by atoms with E-state index in [-0.39, 0.29) is 25.2 Å². The third-order valence-corrected chi connectivity index (χ3v) is 6.31.